The Hall–Kier alpha value is -2.43. The fraction of sp³-hybridized carbons (Fsp3) is 0.400. The van der Waals surface area contributed by atoms with Gasteiger partial charge < -0.3 is 9.53 Å². The standard InChI is InChI=1S/C30H39F2NO4SSi/c1-29(2,3)39(4,5)37-23-27(28(34)30(31,32)38(35,36)26-19-13-8-14-20-26)33(21-24-15-9-6-10-16-24)22-25-17-11-7-12-18-25/h6-20,27-28,34H,21-23H2,1-5H3/t27-,28-/m0/s1. The predicted octanol–water partition coefficient (Wildman–Crippen LogP) is 6.51. The largest absolute Gasteiger partial charge is 0.415 e. The van der Waals surface area contributed by atoms with E-state index in [2.05, 4.69) is 0 Å². The van der Waals surface area contributed by atoms with Crippen molar-refractivity contribution in [2.24, 2.45) is 0 Å². The first-order chi connectivity index (χ1) is 18.2. The summed E-state index contributed by atoms with van der Waals surface area (Å²) in [7, 11) is -7.64. The van der Waals surface area contributed by atoms with E-state index in [0.717, 1.165) is 23.3 Å². The third kappa shape index (κ3) is 7.40. The Morgan fingerprint density at radius 2 is 1.23 bits per heavy atom. The Kier molecular flexibility index (Phi) is 9.88. The van der Waals surface area contributed by atoms with Crippen LogP contribution in [0.25, 0.3) is 0 Å². The lowest BCUT2D eigenvalue weighted by atomic mass is 10.1. The molecule has 0 bridgehead atoms. The van der Waals surface area contributed by atoms with Gasteiger partial charge in [0.1, 0.15) is 0 Å². The second-order valence-corrected chi connectivity index (χ2v) is 18.2. The summed E-state index contributed by atoms with van der Waals surface area (Å²) in [5.74, 6) is 0. The highest BCUT2D eigenvalue weighted by atomic mass is 32.2. The van der Waals surface area contributed by atoms with E-state index in [4.69, 9.17) is 4.43 Å². The van der Waals surface area contributed by atoms with E-state index < -0.39 is 40.5 Å². The zero-order chi connectivity index (χ0) is 28.9. The molecule has 2 atom stereocenters. The lowest BCUT2D eigenvalue weighted by molar-refractivity contribution is -0.0980. The summed E-state index contributed by atoms with van der Waals surface area (Å²) < 4.78 is 64.5. The molecule has 0 fully saturated rings. The SMILES string of the molecule is CC(C)(C)[Si](C)(C)OC[C@@H]([C@H](O)C(F)(F)S(=O)(=O)c1ccccc1)N(Cc1ccccc1)Cc1ccccc1. The van der Waals surface area contributed by atoms with Gasteiger partial charge in [-0.25, -0.2) is 8.42 Å². The molecule has 5 nitrogen and oxygen atoms in total. The average Bonchev–Trinajstić information content (AvgIpc) is 2.89. The molecule has 0 aliphatic carbocycles. The van der Waals surface area contributed by atoms with E-state index in [1.165, 1.54) is 12.1 Å². The number of aliphatic hydroxyl groups is 1. The number of alkyl halides is 2. The molecule has 0 unspecified atom stereocenters. The van der Waals surface area contributed by atoms with Crippen LogP contribution in [0, 0.1) is 0 Å². The van der Waals surface area contributed by atoms with Gasteiger partial charge in [-0.3, -0.25) is 4.90 Å². The highest BCUT2D eigenvalue weighted by Crippen LogP contribution is 2.39. The molecule has 9 heteroatoms. The Morgan fingerprint density at radius 3 is 1.64 bits per heavy atom. The Morgan fingerprint density at radius 1 is 0.821 bits per heavy atom. The van der Waals surface area contributed by atoms with E-state index in [0.29, 0.717) is 0 Å². The molecule has 0 aliphatic rings. The summed E-state index contributed by atoms with van der Waals surface area (Å²) >= 11 is 0. The molecule has 0 saturated carbocycles. The molecule has 0 saturated heterocycles. The maximum atomic E-state index is 15.9. The van der Waals surface area contributed by atoms with Gasteiger partial charge >= 0.3 is 5.25 Å². The van der Waals surface area contributed by atoms with Crippen LogP contribution < -0.4 is 0 Å². The van der Waals surface area contributed by atoms with Gasteiger partial charge in [0.25, 0.3) is 0 Å². The van der Waals surface area contributed by atoms with Crippen LogP contribution in [-0.4, -0.2) is 50.7 Å². The van der Waals surface area contributed by atoms with Crippen molar-refractivity contribution in [3.63, 3.8) is 0 Å². The number of hydrogen-bond donors (Lipinski definition) is 1. The van der Waals surface area contributed by atoms with E-state index in [-0.39, 0.29) is 24.7 Å². The van der Waals surface area contributed by atoms with Crippen LogP contribution in [0.3, 0.4) is 0 Å². The molecule has 3 rings (SSSR count). The molecule has 3 aromatic carbocycles. The number of hydrogen-bond acceptors (Lipinski definition) is 5. The van der Waals surface area contributed by atoms with Crippen LogP contribution in [0.15, 0.2) is 95.9 Å². The first-order valence-corrected chi connectivity index (χ1v) is 17.4. The second-order valence-electron chi connectivity index (χ2n) is 11.3. The quantitative estimate of drug-likeness (QED) is 0.250. The van der Waals surface area contributed by atoms with Crippen LogP contribution >= 0.6 is 0 Å². The van der Waals surface area contributed by atoms with Crippen molar-refractivity contribution < 1.29 is 26.7 Å². The molecule has 0 amide bonds. The van der Waals surface area contributed by atoms with Crippen molar-refractivity contribution in [1.82, 2.24) is 4.90 Å². The number of halogens is 2. The third-order valence-electron chi connectivity index (χ3n) is 7.47. The minimum atomic E-state index is -5.20. The molecule has 0 radical (unpaired) electrons. The fourth-order valence-corrected chi connectivity index (χ4v) is 6.30. The van der Waals surface area contributed by atoms with Crippen molar-refractivity contribution >= 4 is 18.2 Å². The van der Waals surface area contributed by atoms with Gasteiger partial charge in [0.2, 0.25) is 9.84 Å². The molecule has 0 heterocycles. The molecule has 1 N–H and O–H groups in total. The highest BCUT2D eigenvalue weighted by Gasteiger charge is 2.56. The minimum Gasteiger partial charge on any atom is -0.415 e. The first kappa shape index (κ1) is 31.1. The van der Waals surface area contributed by atoms with Crippen LogP contribution in [0.2, 0.25) is 18.1 Å². The van der Waals surface area contributed by atoms with Crippen molar-refractivity contribution in [2.75, 3.05) is 6.61 Å². The predicted molar refractivity (Wildman–Crippen MR) is 154 cm³/mol. The van der Waals surface area contributed by atoms with Crippen molar-refractivity contribution in [2.45, 2.75) is 74.3 Å². The van der Waals surface area contributed by atoms with Gasteiger partial charge in [-0.05, 0) is 41.4 Å². The van der Waals surface area contributed by atoms with Crippen LogP contribution in [0.1, 0.15) is 31.9 Å². The Balaban J connectivity index is 2.08. The number of nitrogens with zero attached hydrogens (tertiary/aromatic N) is 1. The number of aliphatic hydroxyl groups excluding tert-OH is 1. The first-order valence-electron chi connectivity index (χ1n) is 13.0. The summed E-state index contributed by atoms with van der Waals surface area (Å²) in [6.07, 6.45) is -2.56. The van der Waals surface area contributed by atoms with Crippen LogP contribution in [0.4, 0.5) is 8.78 Å². The summed E-state index contributed by atoms with van der Waals surface area (Å²) in [6.45, 7) is 10.2. The summed E-state index contributed by atoms with van der Waals surface area (Å²) in [6, 6.07) is 23.8. The molecule has 39 heavy (non-hydrogen) atoms. The summed E-state index contributed by atoms with van der Waals surface area (Å²) in [5, 5.41) is 6.64. The Labute approximate surface area is 232 Å². The maximum Gasteiger partial charge on any atom is 0.376 e. The van der Waals surface area contributed by atoms with Gasteiger partial charge in [0.05, 0.1) is 17.5 Å². The van der Waals surface area contributed by atoms with Crippen molar-refractivity contribution in [3.8, 4) is 0 Å². The normalized spacial score (nSPS) is 14.8. The monoisotopic (exact) mass is 575 g/mol. The van der Waals surface area contributed by atoms with Gasteiger partial charge in [-0.1, -0.05) is 99.6 Å². The van der Waals surface area contributed by atoms with Crippen LogP contribution in [-0.2, 0) is 27.4 Å². The molecule has 0 aromatic heterocycles. The van der Waals surface area contributed by atoms with E-state index in [9.17, 15) is 13.5 Å². The summed E-state index contributed by atoms with van der Waals surface area (Å²) in [4.78, 5) is 1.15. The van der Waals surface area contributed by atoms with Gasteiger partial charge in [-0.2, -0.15) is 8.78 Å². The lowest BCUT2D eigenvalue weighted by Gasteiger charge is -2.42. The van der Waals surface area contributed by atoms with Gasteiger partial charge in [-0.15, -0.1) is 0 Å². The number of benzene rings is 3. The third-order valence-corrected chi connectivity index (χ3v) is 13.8. The minimum absolute atomic E-state index is 0.208. The molecule has 212 valence electrons. The zero-order valence-electron chi connectivity index (χ0n) is 23.2. The van der Waals surface area contributed by atoms with Crippen molar-refractivity contribution in [3.05, 3.63) is 102 Å². The number of sulfone groups is 1. The molecule has 3 aromatic rings. The Bertz CT molecular complexity index is 1240. The van der Waals surface area contributed by atoms with Crippen LogP contribution in [0.5, 0.6) is 0 Å². The molecular formula is C30H39F2NO4SSi. The lowest BCUT2D eigenvalue weighted by Crippen LogP contribution is -2.57. The highest BCUT2D eigenvalue weighted by molar-refractivity contribution is 7.92. The smallest absolute Gasteiger partial charge is 0.376 e. The van der Waals surface area contributed by atoms with Gasteiger partial charge in [0, 0.05) is 13.1 Å². The molecule has 0 aliphatic heterocycles. The number of rotatable bonds is 12. The summed E-state index contributed by atoms with van der Waals surface area (Å²) in [5.41, 5.74) is 1.68. The van der Waals surface area contributed by atoms with E-state index in [1.54, 1.807) is 11.0 Å². The van der Waals surface area contributed by atoms with E-state index >= 15 is 8.78 Å². The molecular weight excluding hydrogens is 536 g/mol. The fourth-order valence-electron chi connectivity index (χ4n) is 3.97. The zero-order valence-corrected chi connectivity index (χ0v) is 25.0. The average molecular weight is 576 g/mol. The second kappa shape index (κ2) is 12.4. The maximum absolute atomic E-state index is 15.9. The van der Waals surface area contributed by atoms with Crippen molar-refractivity contribution in [1.29, 1.82) is 0 Å². The topological polar surface area (TPSA) is 66.8 Å². The van der Waals surface area contributed by atoms with Gasteiger partial charge in [0.15, 0.2) is 14.4 Å². The van der Waals surface area contributed by atoms with E-state index in [1.807, 2.05) is 94.5 Å². The molecule has 0 spiro atoms.